The lowest BCUT2D eigenvalue weighted by Gasteiger charge is -2.21. The zero-order valence-electron chi connectivity index (χ0n) is 64.8. The van der Waals surface area contributed by atoms with E-state index in [2.05, 4.69) is 113 Å². The first kappa shape index (κ1) is 98.2. The van der Waals surface area contributed by atoms with E-state index in [0.717, 1.165) is 186 Å². The van der Waals surface area contributed by atoms with E-state index in [1.165, 1.54) is 96.3 Å². The van der Waals surface area contributed by atoms with Gasteiger partial charge in [-0.3, -0.25) is 37.3 Å². The minimum Gasteiger partial charge on any atom is -0.462 e. The van der Waals surface area contributed by atoms with Crippen LogP contribution >= 0.6 is 15.6 Å². The molecule has 0 aliphatic carbocycles. The maximum atomic E-state index is 13.1. The zero-order chi connectivity index (χ0) is 74.6. The average Bonchev–Trinajstić information content (AvgIpc) is 0.926. The third-order valence-corrected chi connectivity index (χ3v) is 19.2. The number of unbranched alkanes of at least 4 members (excludes halogenated alkanes) is 37. The molecule has 0 rings (SSSR count). The second-order valence-corrected chi connectivity index (χ2v) is 30.2. The lowest BCUT2D eigenvalue weighted by molar-refractivity contribution is -0.161. The van der Waals surface area contributed by atoms with Gasteiger partial charge < -0.3 is 33.8 Å². The fourth-order valence-corrected chi connectivity index (χ4v) is 12.7. The second-order valence-electron chi connectivity index (χ2n) is 27.3. The summed E-state index contributed by atoms with van der Waals surface area (Å²) in [6.07, 6.45) is 78.4. The molecule has 0 heterocycles. The van der Waals surface area contributed by atoms with Crippen LogP contribution < -0.4 is 0 Å². The first-order valence-corrected chi connectivity index (χ1v) is 43.8. The molecule has 102 heavy (non-hydrogen) atoms. The van der Waals surface area contributed by atoms with E-state index in [-0.39, 0.29) is 25.7 Å². The van der Waals surface area contributed by atoms with Gasteiger partial charge in [-0.25, -0.2) is 9.13 Å². The molecule has 0 saturated heterocycles. The van der Waals surface area contributed by atoms with Crippen molar-refractivity contribution in [2.24, 2.45) is 0 Å². The molecular formula is C83H148O17P2. The Balaban J connectivity index is 5.31. The van der Waals surface area contributed by atoms with Crippen LogP contribution in [0.15, 0.2) is 85.1 Å². The van der Waals surface area contributed by atoms with Gasteiger partial charge in [-0.2, -0.15) is 0 Å². The van der Waals surface area contributed by atoms with Crippen molar-refractivity contribution in [1.82, 2.24) is 0 Å². The Morgan fingerprint density at radius 3 is 0.843 bits per heavy atom. The van der Waals surface area contributed by atoms with Crippen LogP contribution in [0.1, 0.15) is 362 Å². The molecule has 5 atom stereocenters. The molecule has 0 spiro atoms. The largest absolute Gasteiger partial charge is 0.472 e. The van der Waals surface area contributed by atoms with Gasteiger partial charge in [0, 0.05) is 25.7 Å². The van der Waals surface area contributed by atoms with Crippen molar-refractivity contribution in [3.05, 3.63) is 85.1 Å². The number of phosphoric acid groups is 2. The third kappa shape index (κ3) is 74.5. The molecule has 5 unspecified atom stereocenters. The highest BCUT2D eigenvalue weighted by atomic mass is 31.2. The van der Waals surface area contributed by atoms with E-state index >= 15 is 0 Å². The summed E-state index contributed by atoms with van der Waals surface area (Å²) in [6, 6.07) is 0. The molecule has 19 heteroatoms. The molecule has 592 valence electrons. The molecule has 0 bridgehead atoms. The van der Waals surface area contributed by atoms with E-state index in [9.17, 15) is 43.2 Å². The summed E-state index contributed by atoms with van der Waals surface area (Å²) >= 11 is 0. The molecule has 0 aromatic heterocycles. The van der Waals surface area contributed by atoms with Gasteiger partial charge in [-0.05, 0) is 116 Å². The van der Waals surface area contributed by atoms with Gasteiger partial charge in [0.15, 0.2) is 12.2 Å². The highest BCUT2D eigenvalue weighted by molar-refractivity contribution is 7.47. The Hall–Kier alpha value is -3.76. The molecule has 0 saturated carbocycles. The number of hydrogen-bond acceptors (Lipinski definition) is 15. The smallest absolute Gasteiger partial charge is 0.462 e. The number of carbonyl (C=O) groups is 4. The minimum atomic E-state index is -4.98. The number of esters is 4. The van der Waals surface area contributed by atoms with Crippen LogP contribution in [-0.2, 0) is 65.4 Å². The molecule has 3 N–H and O–H groups in total. The summed E-state index contributed by atoms with van der Waals surface area (Å²) in [5.41, 5.74) is 0. The number of aliphatic hydroxyl groups is 1. The number of ether oxygens (including phenoxy) is 4. The van der Waals surface area contributed by atoms with Crippen molar-refractivity contribution >= 4 is 39.5 Å². The fourth-order valence-electron chi connectivity index (χ4n) is 11.1. The summed E-state index contributed by atoms with van der Waals surface area (Å²) < 4.78 is 68.6. The van der Waals surface area contributed by atoms with Gasteiger partial charge in [0.2, 0.25) is 0 Å². The van der Waals surface area contributed by atoms with Crippen molar-refractivity contribution in [2.75, 3.05) is 39.6 Å². The monoisotopic (exact) mass is 1480 g/mol. The Morgan fingerprint density at radius 2 is 0.520 bits per heavy atom. The van der Waals surface area contributed by atoms with Gasteiger partial charge in [0.25, 0.3) is 0 Å². The zero-order valence-corrected chi connectivity index (χ0v) is 66.6. The molecule has 17 nitrogen and oxygen atoms in total. The van der Waals surface area contributed by atoms with E-state index in [4.69, 9.17) is 37.0 Å². The van der Waals surface area contributed by atoms with Crippen LogP contribution in [0.5, 0.6) is 0 Å². The Labute approximate surface area is 621 Å². The maximum absolute atomic E-state index is 13.1. The van der Waals surface area contributed by atoms with E-state index in [0.29, 0.717) is 25.7 Å². The molecule has 0 aliphatic heterocycles. The molecule has 0 amide bonds. The number of aliphatic hydroxyl groups excluding tert-OH is 1. The Bertz CT molecular complexity index is 2260. The van der Waals surface area contributed by atoms with Crippen LogP contribution in [0.25, 0.3) is 0 Å². The maximum Gasteiger partial charge on any atom is 0.472 e. The second kappa shape index (κ2) is 75.5. The highest BCUT2D eigenvalue weighted by Gasteiger charge is 2.30. The lowest BCUT2D eigenvalue weighted by atomic mass is 10.0. The van der Waals surface area contributed by atoms with Crippen molar-refractivity contribution in [1.29, 1.82) is 0 Å². The van der Waals surface area contributed by atoms with Crippen molar-refractivity contribution < 1.29 is 80.2 Å². The Morgan fingerprint density at radius 1 is 0.284 bits per heavy atom. The summed E-state index contributed by atoms with van der Waals surface area (Å²) in [5.74, 6) is -2.18. The number of carbonyl (C=O) groups excluding carboxylic acids is 4. The topological polar surface area (TPSA) is 237 Å². The van der Waals surface area contributed by atoms with Crippen molar-refractivity contribution in [3.63, 3.8) is 0 Å². The molecule has 0 aliphatic rings. The average molecular weight is 1480 g/mol. The van der Waals surface area contributed by atoms with Gasteiger partial charge in [0.05, 0.1) is 26.4 Å². The first-order chi connectivity index (χ1) is 49.7. The standard InChI is InChI=1S/C83H148O17P2/c1-5-9-13-17-21-25-29-32-35-37-38-40-43-45-49-52-56-60-64-68-81(86)94-74-79(100-83(88)70-66-62-58-54-50-46-41-34-31-27-23-19-15-11-7-3)76-98-102(91,92)96-72-77(84)71-95-101(89,90)97-75-78(99-82(87)69-65-61-57-53-47-28-24-20-16-12-8-4)73-93-80(85)67-63-59-55-51-48-44-42-39-36-33-30-26-22-18-14-10-6-2/h10,14,20-22,24-26,32-33,35-36,38,40,77-79,84H,5-9,11-13,15-19,23,27-31,34,37,39,41-76H2,1-4H3,(H,89,90)(H,91,92)/b14-10-,24-20-,25-21-,26-22-,35-32-,36-33-,40-38-. The van der Waals surface area contributed by atoms with Crippen molar-refractivity contribution in [3.8, 4) is 0 Å². The van der Waals surface area contributed by atoms with Gasteiger partial charge in [-0.1, -0.05) is 305 Å². The van der Waals surface area contributed by atoms with E-state index in [1.807, 2.05) is 0 Å². The number of allylic oxidation sites excluding steroid dienone is 14. The first-order valence-electron chi connectivity index (χ1n) is 40.8. The SMILES string of the molecule is CC/C=C\C/C=C\C/C=C\CCCCCCCCCC(=O)OCC(COP(=O)(O)OCC(O)COP(=O)(O)OCC(COC(=O)CCCCCCCC/C=C\C/C=C\C/C=C\CCCCC)OC(=O)CCCCCCCCCCCCCCCCC)OC(=O)CCCCCCC/C=C\CCCC. The van der Waals surface area contributed by atoms with E-state index < -0.39 is 97.5 Å². The quantitative estimate of drug-likeness (QED) is 0.0169. The van der Waals surface area contributed by atoms with Gasteiger partial charge in [-0.15, -0.1) is 0 Å². The van der Waals surface area contributed by atoms with Crippen LogP contribution in [0.2, 0.25) is 0 Å². The predicted octanol–water partition coefficient (Wildman–Crippen LogP) is 23.8. The summed E-state index contributed by atoms with van der Waals surface area (Å²) in [5, 5.41) is 10.6. The van der Waals surface area contributed by atoms with Gasteiger partial charge >= 0.3 is 39.5 Å². The van der Waals surface area contributed by atoms with Gasteiger partial charge in [0.1, 0.15) is 19.3 Å². The number of hydrogen-bond donors (Lipinski definition) is 3. The summed E-state index contributed by atoms with van der Waals surface area (Å²) in [4.78, 5) is 73.0. The van der Waals surface area contributed by atoms with Crippen LogP contribution in [0, 0.1) is 0 Å². The van der Waals surface area contributed by atoms with Crippen LogP contribution in [0.3, 0.4) is 0 Å². The summed E-state index contributed by atoms with van der Waals surface area (Å²) in [7, 11) is -9.95. The van der Waals surface area contributed by atoms with E-state index in [1.54, 1.807) is 0 Å². The lowest BCUT2D eigenvalue weighted by Crippen LogP contribution is -2.30. The molecule has 0 aromatic rings. The predicted molar refractivity (Wildman–Crippen MR) is 418 cm³/mol. The minimum absolute atomic E-state index is 0.0838. The molecule has 0 radical (unpaired) electrons. The summed E-state index contributed by atoms with van der Waals surface area (Å²) in [6.45, 7) is 4.73. The van der Waals surface area contributed by atoms with Crippen LogP contribution in [0.4, 0.5) is 0 Å². The third-order valence-electron chi connectivity index (χ3n) is 17.3. The fraction of sp³-hybridized carbons (Fsp3) is 0.783. The normalized spacial score (nSPS) is 14.3. The molecular weight excluding hydrogens is 1330 g/mol. The Kier molecular flexibility index (Phi) is 72.7. The molecule has 0 aromatic carbocycles. The number of rotatable bonds is 77. The molecule has 0 fully saturated rings. The van der Waals surface area contributed by atoms with Crippen molar-refractivity contribution in [2.45, 2.75) is 380 Å². The number of phosphoric ester groups is 2. The highest BCUT2D eigenvalue weighted by Crippen LogP contribution is 2.45. The van der Waals surface area contributed by atoms with Crippen LogP contribution in [-0.4, -0.2) is 96.7 Å².